The van der Waals surface area contributed by atoms with Crippen LogP contribution in [0.4, 0.5) is 5.00 Å². The van der Waals surface area contributed by atoms with Crippen LogP contribution in [0.25, 0.3) is 0 Å². The number of hydrogen-bond acceptors (Lipinski definition) is 4. The molecular formula is C20H22ClN3OS. The van der Waals surface area contributed by atoms with Crippen molar-refractivity contribution in [2.75, 3.05) is 11.9 Å². The highest BCUT2D eigenvalue weighted by Crippen LogP contribution is 2.37. The lowest BCUT2D eigenvalue weighted by molar-refractivity contribution is -0.116. The van der Waals surface area contributed by atoms with Gasteiger partial charge in [-0.1, -0.05) is 29.8 Å². The fraction of sp³-hybridized carbons (Fsp3) is 0.400. The number of carbonyl (C=O) groups is 1. The van der Waals surface area contributed by atoms with Crippen molar-refractivity contribution in [3.8, 4) is 6.07 Å². The lowest BCUT2D eigenvalue weighted by Gasteiger charge is -2.15. The van der Waals surface area contributed by atoms with Crippen molar-refractivity contribution in [3.05, 3.63) is 50.9 Å². The number of carbonyl (C=O) groups excluding carboxylic acids is 1. The van der Waals surface area contributed by atoms with Crippen LogP contribution in [0.2, 0.25) is 5.02 Å². The predicted octanol–water partition coefficient (Wildman–Crippen LogP) is 4.83. The van der Waals surface area contributed by atoms with Gasteiger partial charge in [-0.2, -0.15) is 5.26 Å². The highest BCUT2D eigenvalue weighted by atomic mass is 35.5. The molecule has 26 heavy (non-hydrogen) atoms. The van der Waals surface area contributed by atoms with E-state index >= 15 is 0 Å². The maximum Gasteiger partial charge on any atom is 0.226 e. The van der Waals surface area contributed by atoms with Crippen molar-refractivity contribution in [2.24, 2.45) is 0 Å². The number of amides is 1. The van der Waals surface area contributed by atoms with Crippen LogP contribution >= 0.6 is 22.9 Å². The molecule has 0 saturated heterocycles. The molecule has 3 rings (SSSR count). The van der Waals surface area contributed by atoms with E-state index in [1.54, 1.807) is 11.3 Å². The van der Waals surface area contributed by atoms with Crippen LogP contribution in [0.3, 0.4) is 0 Å². The molecule has 0 aliphatic heterocycles. The van der Waals surface area contributed by atoms with E-state index in [0.29, 0.717) is 23.5 Å². The molecule has 0 fully saturated rings. The summed E-state index contributed by atoms with van der Waals surface area (Å²) < 4.78 is 0. The molecule has 1 aromatic heterocycles. The molecule has 0 saturated carbocycles. The van der Waals surface area contributed by atoms with Gasteiger partial charge < -0.3 is 10.6 Å². The van der Waals surface area contributed by atoms with Gasteiger partial charge in [0, 0.05) is 28.9 Å². The lowest BCUT2D eigenvalue weighted by atomic mass is 9.96. The first-order chi connectivity index (χ1) is 12.6. The third-order valence-electron chi connectivity index (χ3n) is 4.71. The van der Waals surface area contributed by atoms with Crippen LogP contribution in [0.5, 0.6) is 0 Å². The molecule has 1 aliphatic carbocycles. The molecule has 6 heteroatoms. The summed E-state index contributed by atoms with van der Waals surface area (Å²) in [5.74, 6) is -0.0704. The lowest BCUT2D eigenvalue weighted by Crippen LogP contribution is -2.24. The zero-order valence-corrected chi connectivity index (χ0v) is 16.3. The number of benzene rings is 1. The monoisotopic (exact) mass is 387 g/mol. The minimum absolute atomic E-state index is 0.0696. The van der Waals surface area contributed by atoms with Crippen LogP contribution in [0, 0.1) is 11.3 Å². The number of nitrogens with zero attached hydrogens (tertiary/aromatic N) is 1. The van der Waals surface area contributed by atoms with Gasteiger partial charge in [0.05, 0.1) is 5.56 Å². The first kappa shape index (κ1) is 18.9. The summed E-state index contributed by atoms with van der Waals surface area (Å²) in [5.41, 5.74) is 2.83. The summed E-state index contributed by atoms with van der Waals surface area (Å²) >= 11 is 7.76. The van der Waals surface area contributed by atoms with Crippen molar-refractivity contribution in [1.29, 1.82) is 5.26 Å². The van der Waals surface area contributed by atoms with E-state index in [0.717, 1.165) is 41.8 Å². The van der Waals surface area contributed by atoms with Crippen LogP contribution in [0.1, 0.15) is 53.8 Å². The third-order valence-corrected chi connectivity index (χ3v) is 6.26. The highest BCUT2D eigenvalue weighted by Gasteiger charge is 2.21. The summed E-state index contributed by atoms with van der Waals surface area (Å²) in [6, 6.07) is 10.0. The van der Waals surface area contributed by atoms with Crippen molar-refractivity contribution in [3.63, 3.8) is 0 Å². The van der Waals surface area contributed by atoms with E-state index in [1.165, 1.54) is 4.88 Å². The summed E-state index contributed by atoms with van der Waals surface area (Å²) in [6.45, 7) is 2.57. The van der Waals surface area contributed by atoms with Crippen molar-refractivity contribution < 1.29 is 4.79 Å². The van der Waals surface area contributed by atoms with Crippen LogP contribution in [-0.2, 0) is 17.6 Å². The molecule has 136 valence electrons. The third kappa shape index (κ3) is 4.27. The van der Waals surface area contributed by atoms with Gasteiger partial charge in [-0.3, -0.25) is 4.79 Å². The maximum atomic E-state index is 12.3. The first-order valence-electron chi connectivity index (χ1n) is 8.92. The van der Waals surface area contributed by atoms with E-state index < -0.39 is 0 Å². The fourth-order valence-electron chi connectivity index (χ4n) is 3.30. The van der Waals surface area contributed by atoms with Crippen molar-refractivity contribution >= 4 is 33.8 Å². The molecule has 1 atom stereocenters. The van der Waals surface area contributed by atoms with E-state index in [2.05, 4.69) is 16.7 Å². The quantitative estimate of drug-likeness (QED) is 0.745. The largest absolute Gasteiger partial charge is 0.317 e. The van der Waals surface area contributed by atoms with Gasteiger partial charge in [0.15, 0.2) is 0 Å². The molecule has 4 nitrogen and oxygen atoms in total. The van der Waals surface area contributed by atoms with Gasteiger partial charge in [0.2, 0.25) is 5.91 Å². The summed E-state index contributed by atoms with van der Waals surface area (Å²) in [7, 11) is 0. The minimum atomic E-state index is -0.0704. The molecule has 1 amide bonds. The molecule has 0 bridgehead atoms. The first-order valence-corrected chi connectivity index (χ1v) is 10.1. The standard InChI is InChI=1S/C20H22ClN3OS/c1-13(14-6-2-4-8-17(14)21)23-11-10-19(25)24-20-16(12-22)15-7-3-5-9-18(15)26-20/h2,4,6,8,13,23H,3,5,7,9-11H2,1H3,(H,24,25)/t13-/m0/s1. The minimum Gasteiger partial charge on any atom is -0.317 e. The van der Waals surface area contributed by atoms with Gasteiger partial charge in [-0.25, -0.2) is 0 Å². The average Bonchev–Trinajstić information content (AvgIpc) is 2.98. The average molecular weight is 388 g/mol. The Labute approximate surface area is 163 Å². The number of thiophene rings is 1. The second-order valence-electron chi connectivity index (χ2n) is 6.52. The van der Waals surface area contributed by atoms with Gasteiger partial charge in [0.25, 0.3) is 0 Å². The Hall–Kier alpha value is -1.87. The molecule has 2 N–H and O–H groups in total. The molecule has 1 aliphatic rings. The van der Waals surface area contributed by atoms with Crippen LogP contribution in [0.15, 0.2) is 24.3 Å². The van der Waals surface area contributed by atoms with Crippen LogP contribution in [-0.4, -0.2) is 12.5 Å². The Morgan fingerprint density at radius 1 is 1.35 bits per heavy atom. The number of aryl methyl sites for hydroxylation is 1. The molecular weight excluding hydrogens is 366 g/mol. The second-order valence-corrected chi connectivity index (χ2v) is 8.03. The number of anilines is 1. The Morgan fingerprint density at radius 2 is 2.12 bits per heavy atom. The zero-order chi connectivity index (χ0) is 18.5. The molecule has 2 aromatic rings. The van der Waals surface area contributed by atoms with E-state index in [-0.39, 0.29) is 11.9 Å². The zero-order valence-electron chi connectivity index (χ0n) is 14.8. The van der Waals surface area contributed by atoms with Gasteiger partial charge >= 0.3 is 0 Å². The van der Waals surface area contributed by atoms with E-state index in [1.807, 2.05) is 31.2 Å². The number of hydrogen-bond donors (Lipinski definition) is 2. The fourth-order valence-corrected chi connectivity index (χ4v) is 4.86. The van der Waals surface area contributed by atoms with Gasteiger partial charge in [-0.05, 0) is 49.8 Å². The summed E-state index contributed by atoms with van der Waals surface area (Å²) in [4.78, 5) is 13.6. The Kier molecular flexibility index (Phi) is 6.31. The summed E-state index contributed by atoms with van der Waals surface area (Å²) in [6.07, 6.45) is 4.59. The number of fused-ring (bicyclic) bond motifs is 1. The van der Waals surface area contributed by atoms with E-state index in [4.69, 9.17) is 11.6 Å². The molecule has 1 aromatic carbocycles. The SMILES string of the molecule is C[C@H](NCCC(=O)Nc1sc2c(c1C#N)CCCC2)c1ccccc1Cl. The Bertz CT molecular complexity index is 840. The maximum absolute atomic E-state index is 12.3. The summed E-state index contributed by atoms with van der Waals surface area (Å²) in [5, 5.41) is 17.2. The highest BCUT2D eigenvalue weighted by molar-refractivity contribution is 7.16. The topological polar surface area (TPSA) is 64.9 Å². The molecule has 0 radical (unpaired) electrons. The predicted molar refractivity (Wildman–Crippen MR) is 107 cm³/mol. The van der Waals surface area contributed by atoms with E-state index in [9.17, 15) is 10.1 Å². The van der Waals surface area contributed by atoms with Crippen molar-refractivity contribution in [2.45, 2.75) is 45.1 Å². The van der Waals surface area contributed by atoms with Gasteiger partial charge in [-0.15, -0.1) is 11.3 Å². The van der Waals surface area contributed by atoms with Crippen LogP contribution < -0.4 is 10.6 Å². The number of nitrogens with one attached hydrogen (secondary N) is 2. The van der Waals surface area contributed by atoms with Crippen molar-refractivity contribution in [1.82, 2.24) is 5.32 Å². The number of halogens is 1. The second kappa shape index (κ2) is 8.68. The normalized spacial score (nSPS) is 14.3. The molecule has 1 heterocycles. The molecule has 0 unspecified atom stereocenters. The smallest absolute Gasteiger partial charge is 0.226 e. The molecule has 0 spiro atoms. The number of rotatable bonds is 6. The Morgan fingerprint density at radius 3 is 2.88 bits per heavy atom. The van der Waals surface area contributed by atoms with Gasteiger partial charge in [0.1, 0.15) is 11.1 Å². The Balaban J connectivity index is 1.54. The number of nitriles is 1.